The Balaban J connectivity index is 2.03. The summed E-state index contributed by atoms with van der Waals surface area (Å²) in [7, 11) is 0. The molecule has 0 amide bonds. The van der Waals surface area contributed by atoms with Crippen LogP contribution in [0.5, 0.6) is 0 Å². The van der Waals surface area contributed by atoms with E-state index in [1.807, 2.05) is 67.6 Å². The van der Waals surface area contributed by atoms with Crippen LogP contribution < -0.4 is 0 Å². The Morgan fingerprint density at radius 3 is 2.17 bits per heavy atom. The third-order valence-corrected chi connectivity index (χ3v) is 2.87. The van der Waals surface area contributed by atoms with Crippen molar-refractivity contribution in [3.05, 3.63) is 71.8 Å². The lowest BCUT2D eigenvalue weighted by atomic mass is 10.1. The molecule has 2 aromatic carbocycles. The van der Waals surface area contributed by atoms with Gasteiger partial charge in [0, 0.05) is 5.56 Å². The lowest BCUT2D eigenvalue weighted by Crippen LogP contribution is -1.98. The first-order valence-electron chi connectivity index (χ1n) is 5.72. The lowest BCUT2D eigenvalue weighted by Gasteiger charge is -2.08. The monoisotopic (exact) mass is 259 g/mol. The molecule has 0 aliphatic heterocycles. The fourth-order valence-electron chi connectivity index (χ4n) is 1.52. The zero-order valence-electron chi connectivity index (χ0n) is 10.1. The first-order chi connectivity index (χ1) is 8.77. The van der Waals surface area contributed by atoms with Crippen LogP contribution >= 0.6 is 11.6 Å². The van der Waals surface area contributed by atoms with Gasteiger partial charge in [0.05, 0.1) is 5.71 Å². The molecule has 2 nitrogen and oxygen atoms in total. The highest BCUT2D eigenvalue weighted by atomic mass is 35.5. The summed E-state index contributed by atoms with van der Waals surface area (Å²) >= 11 is 6.11. The molecule has 1 unspecified atom stereocenters. The first-order valence-corrected chi connectivity index (χ1v) is 6.16. The van der Waals surface area contributed by atoms with Crippen molar-refractivity contribution in [3.8, 4) is 0 Å². The molecule has 0 aromatic heterocycles. The molecule has 0 bridgehead atoms. The van der Waals surface area contributed by atoms with Gasteiger partial charge in [-0.25, -0.2) is 0 Å². The second kappa shape index (κ2) is 6.22. The summed E-state index contributed by atoms with van der Waals surface area (Å²) in [5, 5.41) is 4.06. The Hall–Kier alpha value is -1.80. The van der Waals surface area contributed by atoms with E-state index < -0.39 is 5.56 Å². The Morgan fingerprint density at radius 2 is 1.56 bits per heavy atom. The number of benzene rings is 2. The van der Waals surface area contributed by atoms with E-state index in [2.05, 4.69) is 5.16 Å². The molecule has 0 aliphatic rings. The number of nitrogens with zero attached hydrogens (tertiary/aromatic N) is 1. The summed E-state index contributed by atoms with van der Waals surface area (Å²) in [6.07, 6.45) is 0. The Kier molecular flexibility index (Phi) is 4.37. The summed E-state index contributed by atoms with van der Waals surface area (Å²) in [5.41, 5.74) is 2.15. The van der Waals surface area contributed by atoms with Gasteiger partial charge >= 0.3 is 0 Å². The van der Waals surface area contributed by atoms with Crippen molar-refractivity contribution in [2.75, 3.05) is 0 Å². The van der Waals surface area contributed by atoms with Crippen molar-refractivity contribution in [3.63, 3.8) is 0 Å². The maximum Gasteiger partial charge on any atom is 0.225 e. The Morgan fingerprint density at radius 1 is 1.00 bits per heavy atom. The van der Waals surface area contributed by atoms with E-state index in [1.165, 1.54) is 0 Å². The summed E-state index contributed by atoms with van der Waals surface area (Å²) in [6.45, 7) is 1.89. The molecule has 2 aromatic rings. The number of oxime groups is 1. The fourth-order valence-corrected chi connectivity index (χ4v) is 1.71. The molecular formula is C15H14ClNO. The quantitative estimate of drug-likeness (QED) is 0.454. The van der Waals surface area contributed by atoms with Crippen molar-refractivity contribution in [2.24, 2.45) is 5.16 Å². The van der Waals surface area contributed by atoms with Gasteiger partial charge in [-0.1, -0.05) is 77.4 Å². The molecule has 0 fully saturated rings. The second-order valence-corrected chi connectivity index (χ2v) is 4.27. The van der Waals surface area contributed by atoms with Crippen LogP contribution in [0, 0.1) is 0 Å². The molecule has 3 heteroatoms. The highest BCUT2D eigenvalue weighted by Crippen LogP contribution is 2.21. The van der Waals surface area contributed by atoms with Crippen molar-refractivity contribution >= 4 is 17.3 Å². The summed E-state index contributed by atoms with van der Waals surface area (Å²) in [6, 6.07) is 19.4. The predicted molar refractivity (Wildman–Crippen MR) is 74.8 cm³/mol. The predicted octanol–water partition coefficient (Wildman–Crippen LogP) is 4.36. The van der Waals surface area contributed by atoms with Gasteiger partial charge in [-0.15, -0.1) is 0 Å². The largest absolute Gasteiger partial charge is 0.371 e. The van der Waals surface area contributed by atoms with Crippen molar-refractivity contribution < 1.29 is 4.84 Å². The van der Waals surface area contributed by atoms with Crippen molar-refractivity contribution in [1.29, 1.82) is 0 Å². The van der Waals surface area contributed by atoms with Crippen molar-refractivity contribution in [2.45, 2.75) is 12.5 Å². The van der Waals surface area contributed by atoms with Crippen LogP contribution in [0.3, 0.4) is 0 Å². The lowest BCUT2D eigenvalue weighted by molar-refractivity contribution is 0.117. The molecule has 0 saturated heterocycles. The van der Waals surface area contributed by atoms with E-state index in [1.54, 1.807) is 0 Å². The zero-order chi connectivity index (χ0) is 12.8. The van der Waals surface area contributed by atoms with Gasteiger partial charge in [0.25, 0.3) is 0 Å². The molecule has 0 saturated carbocycles. The van der Waals surface area contributed by atoms with E-state index in [4.69, 9.17) is 16.4 Å². The second-order valence-electron chi connectivity index (χ2n) is 3.87. The Bertz CT molecular complexity index is 511. The van der Waals surface area contributed by atoms with Gasteiger partial charge in [-0.3, -0.25) is 0 Å². The molecule has 0 heterocycles. The molecule has 1 atom stereocenters. The van der Waals surface area contributed by atoms with Gasteiger partial charge in [0.1, 0.15) is 0 Å². The van der Waals surface area contributed by atoms with Gasteiger partial charge in [-0.05, 0) is 12.5 Å². The van der Waals surface area contributed by atoms with Gasteiger partial charge in [0.15, 0.2) is 0 Å². The summed E-state index contributed by atoms with van der Waals surface area (Å²) < 4.78 is 0. The molecule has 0 aliphatic carbocycles. The average molecular weight is 260 g/mol. The number of rotatable bonds is 4. The molecule has 18 heavy (non-hydrogen) atoms. The summed E-state index contributed by atoms with van der Waals surface area (Å²) in [4.78, 5) is 5.30. The third-order valence-electron chi connectivity index (χ3n) is 2.54. The minimum absolute atomic E-state index is 0.565. The minimum atomic E-state index is -0.565. The SMILES string of the molecule is CC(=NOC(Cl)c1ccccc1)c1ccccc1. The molecule has 0 radical (unpaired) electrons. The first kappa shape index (κ1) is 12.7. The van der Waals surface area contributed by atoms with Crippen LogP contribution in [0.4, 0.5) is 0 Å². The van der Waals surface area contributed by atoms with Crippen LogP contribution in [0.25, 0.3) is 0 Å². The standard InChI is InChI=1S/C15H14ClNO/c1-12(13-8-4-2-5-9-13)17-18-15(16)14-10-6-3-7-11-14/h2-11,15H,1H3. The fraction of sp³-hybridized carbons (Fsp3) is 0.133. The third kappa shape index (κ3) is 3.34. The zero-order valence-corrected chi connectivity index (χ0v) is 10.8. The van der Waals surface area contributed by atoms with E-state index in [0.717, 1.165) is 16.8 Å². The average Bonchev–Trinajstić information content (AvgIpc) is 2.46. The summed E-state index contributed by atoms with van der Waals surface area (Å²) in [5.74, 6) is 0. The van der Waals surface area contributed by atoms with E-state index in [0.29, 0.717) is 0 Å². The number of halogens is 1. The van der Waals surface area contributed by atoms with E-state index in [-0.39, 0.29) is 0 Å². The molecule has 92 valence electrons. The van der Waals surface area contributed by atoms with E-state index >= 15 is 0 Å². The Labute approximate surface area is 112 Å². The van der Waals surface area contributed by atoms with Gasteiger partial charge in [0.2, 0.25) is 5.56 Å². The maximum atomic E-state index is 6.11. The highest BCUT2D eigenvalue weighted by Gasteiger charge is 2.07. The van der Waals surface area contributed by atoms with Crippen molar-refractivity contribution in [1.82, 2.24) is 0 Å². The number of hydrogen-bond acceptors (Lipinski definition) is 2. The normalized spacial score (nSPS) is 13.1. The number of hydrogen-bond donors (Lipinski definition) is 0. The smallest absolute Gasteiger partial charge is 0.225 e. The maximum absolute atomic E-state index is 6.11. The van der Waals surface area contributed by atoms with Crippen LogP contribution in [0.1, 0.15) is 23.6 Å². The van der Waals surface area contributed by atoms with Crippen LogP contribution in [-0.4, -0.2) is 5.71 Å². The van der Waals surface area contributed by atoms with Gasteiger partial charge in [-0.2, -0.15) is 0 Å². The van der Waals surface area contributed by atoms with Crippen LogP contribution in [0.15, 0.2) is 65.8 Å². The molecular weight excluding hydrogens is 246 g/mol. The molecule has 0 N–H and O–H groups in total. The van der Waals surface area contributed by atoms with Gasteiger partial charge < -0.3 is 4.84 Å². The minimum Gasteiger partial charge on any atom is -0.371 e. The molecule has 2 rings (SSSR count). The number of alkyl halides is 1. The molecule has 0 spiro atoms. The topological polar surface area (TPSA) is 21.6 Å². The van der Waals surface area contributed by atoms with E-state index in [9.17, 15) is 0 Å². The van der Waals surface area contributed by atoms with Crippen LogP contribution in [-0.2, 0) is 4.84 Å². The van der Waals surface area contributed by atoms with Crippen LogP contribution in [0.2, 0.25) is 0 Å². The highest BCUT2D eigenvalue weighted by molar-refractivity contribution is 6.19.